The van der Waals surface area contributed by atoms with Gasteiger partial charge in [0.1, 0.15) is 11.2 Å². The first-order chi connectivity index (χ1) is 17.6. The van der Waals surface area contributed by atoms with Gasteiger partial charge in [0.05, 0.1) is 22.5 Å². The van der Waals surface area contributed by atoms with E-state index >= 15 is 0 Å². The Morgan fingerprint density at radius 1 is 0.658 bits per heavy atom. The molecule has 0 saturated carbocycles. The lowest BCUT2D eigenvalue weighted by Crippen LogP contribution is -2.40. The van der Waals surface area contributed by atoms with Crippen LogP contribution in [0.1, 0.15) is 52.7 Å². The zero-order valence-electron chi connectivity index (χ0n) is 21.7. The van der Waals surface area contributed by atoms with Crippen LogP contribution in [0.5, 0.6) is 0 Å². The van der Waals surface area contributed by atoms with Crippen molar-refractivity contribution in [1.29, 1.82) is 0 Å². The number of hydrogen-bond acceptors (Lipinski definition) is 6. The summed E-state index contributed by atoms with van der Waals surface area (Å²) in [6.07, 6.45) is -1.96. The molecule has 2 aromatic rings. The van der Waals surface area contributed by atoms with Crippen LogP contribution in [0.4, 0.5) is 9.59 Å². The highest BCUT2D eigenvalue weighted by atomic mass is 35.5. The van der Waals surface area contributed by atoms with Crippen LogP contribution >= 0.6 is 23.2 Å². The molecule has 0 N–H and O–H groups in total. The van der Waals surface area contributed by atoms with E-state index in [-0.39, 0.29) is 22.5 Å². The SMILES string of the molecule is CC(C)(C)OC(=O)N1C(=O)C2=C(c3cccc(Cl)c3)N(C(=O)OC(C)(C)C)C(=O)C2=C1c1cccc(Cl)c1. The van der Waals surface area contributed by atoms with Crippen molar-refractivity contribution in [3.8, 4) is 0 Å². The van der Waals surface area contributed by atoms with Gasteiger partial charge in [-0.3, -0.25) is 9.59 Å². The Balaban J connectivity index is 2.04. The number of hydrogen-bond donors (Lipinski definition) is 0. The van der Waals surface area contributed by atoms with E-state index in [0.29, 0.717) is 21.2 Å². The highest BCUT2D eigenvalue weighted by Crippen LogP contribution is 2.47. The Labute approximate surface area is 230 Å². The van der Waals surface area contributed by atoms with Gasteiger partial charge in [0, 0.05) is 21.2 Å². The van der Waals surface area contributed by atoms with Gasteiger partial charge in [-0.2, -0.15) is 0 Å². The molecule has 0 aromatic heterocycles. The molecule has 10 heteroatoms. The highest BCUT2D eigenvalue weighted by Gasteiger charge is 2.54. The fourth-order valence-electron chi connectivity index (χ4n) is 4.09. The zero-order chi connectivity index (χ0) is 28.2. The lowest BCUT2D eigenvalue weighted by molar-refractivity contribution is -0.123. The number of carbonyl (C=O) groups excluding carboxylic acids is 4. The third-order valence-electron chi connectivity index (χ3n) is 5.35. The first-order valence-corrected chi connectivity index (χ1v) is 12.5. The molecule has 4 amide bonds. The average Bonchev–Trinajstić information content (AvgIpc) is 3.24. The summed E-state index contributed by atoms with van der Waals surface area (Å²) < 4.78 is 11.0. The van der Waals surface area contributed by atoms with Crippen LogP contribution in [0, 0.1) is 0 Å². The van der Waals surface area contributed by atoms with Gasteiger partial charge in [-0.15, -0.1) is 0 Å². The maximum absolute atomic E-state index is 14.0. The summed E-state index contributed by atoms with van der Waals surface area (Å²) in [5, 5.41) is 0.628. The largest absolute Gasteiger partial charge is 0.443 e. The number of ether oxygens (including phenoxy) is 2. The molecule has 2 aliphatic heterocycles. The highest BCUT2D eigenvalue weighted by molar-refractivity contribution is 6.36. The molecule has 2 aromatic carbocycles. The van der Waals surface area contributed by atoms with Crippen LogP contribution < -0.4 is 0 Å². The third kappa shape index (κ3) is 5.19. The minimum Gasteiger partial charge on any atom is -0.443 e. The maximum Gasteiger partial charge on any atom is 0.422 e. The Hall–Kier alpha value is -3.62. The summed E-state index contributed by atoms with van der Waals surface area (Å²) >= 11 is 12.5. The predicted octanol–water partition coefficient (Wildman–Crippen LogP) is 6.67. The summed E-state index contributed by atoms with van der Waals surface area (Å²) in [7, 11) is 0. The van der Waals surface area contributed by atoms with Gasteiger partial charge < -0.3 is 9.47 Å². The molecule has 0 unspecified atom stereocenters. The Kier molecular flexibility index (Phi) is 6.93. The van der Waals surface area contributed by atoms with Gasteiger partial charge in [-0.05, 0) is 65.8 Å². The van der Waals surface area contributed by atoms with E-state index in [4.69, 9.17) is 32.7 Å². The Morgan fingerprint density at radius 2 is 1.00 bits per heavy atom. The monoisotopic (exact) mass is 556 g/mol. The number of rotatable bonds is 2. The molecule has 38 heavy (non-hydrogen) atoms. The van der Waals surface area contributed by atoms with Crippen LogP contribution in [-0.2, 0) is 19.1 Å². The number of benzene rings is 2. The summed E-state index contributed by atoms with van der Waals surface area (Å²) in [5.74, 6) is -1.67. The minimum absolute atomic E-state index is 0.0441. The first kappa shape index (κ1) is 27.4. The number of nitrogens with zero attached hydrogens (tertiary/aromatic N) is 2. The van der Waals surface area contributed by atoms with Crippen LogP contribution in [-0.4, -0.2) is 45.0 Å². The van der Waals surface area contributed by atoms with Crippen LogP contribution in [0.3, 0.4) is 0 Å². The first-order valence-electron chi connectivity index (χ1n) is 11.7. The molecule has 8 nitrogen and oxygen atoms in total. The predicted molar refractivity (Wildman–Crippen MR) is 143 cm³/mol. The summed E-state index contributed by atoms with van der Waals surface area (Å²) in [4.78, 5) is 56.2. The number of imide groups is 2. The molecule has 198 valence electrons. The minimum atomic E-state index is -0.978. The second kappa shape index (κ2) is 9.60. The van der Waals surface area contributed by atoms with E-state index in [2.05, 4.69) is 0 Å². The van der Waals surface area contributed by atoms with Crippen LogP contribution in [0.2, 0.25) is 10.0 Å². The smallest absolute Gasteiger partial charge is 0.422 e. The maximum atomic E-state index is 14.0. The van der Waals surface area contributed by atoms with E-state index < -0.39 is 35.2 Å². The van der Waals surface area contributed by atoms with E-state index in [1.54, 1.807) is 77.9 Å². The fraction of sp³-hybridized carbons (Fsp3) is 0.286. The molecule has 0 spiro atoms. The number of carbonyl (C=O) groups is 4. The number of amides is 4. The normalized spacial score (nSPS) is 15.9. The van der Waals surface area contributed by atoms with Gasteiger partial charge in [-0.1, -0.05) is 47.5 Å². The van der Waals surface area contributed by atoms with Gasteiger partial charge in [0.2, 0.25) is 0 Å². The van der Waals surface area contributed by atoms with Crippen LogP contribution in [0.25, 0.3) is 11.4 Å². The van der Waals surface area contributed by atoms with Gasteiger partial charge in [-0.25, -0.2) is 19.4 Å². The number of fused-ring (bicyclic) bond motifs is 1. The van der Waals surface area contributed by atoms with Gasteiger partial charge >= 0.3 is 12.2 Å². The summed E-state index contributed by atoms with van der Waals surface area (Å²) in [5.41, 5.74) is -1.63. The molecule has 0 atom stereocenters. The molecular weight excluding hydrogens is 531 g/mol. The van der Waals surface area contributed by atoms with E-state index in [1.807, 2.05) is 0 Å². The Bertz CT molecular complexity index is 1340. The molecular formula is C28H26Cl2N2O6. The quantitative estimate of drug-likeness (QED) is 0.410. The average molecular weight is 557 g/mol. The van der Waals surface area contributed by atoms with Crippen molar-refractivity contribution in [3.05, 3.63) is 80.8 Å². The van der Waals surface area contributed by atoms with E-state index in [0.717, 1.165) is 9.80 Å². The van der Waals surface area contributed by atoms with Crippen molar-refractivity contribution in [1.82, 2.24) is 9.80 Å². The molecule has 0 radical (unpaired) electrons. The van der Waals surface area contributed by atoms with Crippen molar-refractivity contribution in [3.63, 3.8) is 0 Å². The lowest BCUT2D eigenvalue weighted by Gasteiger charge is -2.27. The summed E-state index contributed by atoms with van der Waals surface area (Å²) in [6, 6.07) is 12.7. The van der Waals surface area contributed by atoms with Gasteiger partial charge in [0.15, 0.2) is 0 Å². The van der Waals surface area contributed by atoms with Crippen molar-refractivity contribution < 1.29 is 28.7 Å². The van der Waals surface area contributed by atoms with E-state index in [9.17, 15) is 19.2 Å². The molecule has 0 bridgehead atoms. The standard InChI is InChI=1S/C28H26Cl2N2O6/c1-27(2,3)37-25(35)31-21(15-9-7-11-17(29)13-15)19-20(23(31)33)22(16-10-8-12-18(30)14-16)32(24(19)34)26(36)38-28(4,5)6/h7-14H,1-6H3. The van der Waals surface area contributed by atoms with Crippen molar-refractivity contribution in [2.45, 2.75) is 52.7 Å². The van der Waals surface area contributed by atoms with Crippen molar-refractivity contribution >= 4 is 58.6 Å². The topological polar surface area (TPSA) is 93.2 Å². The molecule has 4 rings (SSSR count). The van der Waals surface area contributed by atoms with Crippen LogP contribution in [0.15, 0.2) is 59.7 Å². The van der Waals surface area contributed by atoms with Crippen molar-refractivity contribution in [2.24, 2.45) is 0 Å². The Morgan fingerprint density at radius 3 is 1.29 bits per heavy atom. The lowest BCUT2D eigenvalue weighted by atomic mass is 10.0. The molecule has 0 fully saturated rings. The van der Waals surface area contributed by atoms with Gasteiger partial charge in [0.25, 0.3) is 11.8 Å². The van der Waals surface area contributed by atoms with E-state index in [1.165, 1.54) is 12.1 Å². The molecule has 2 aliphatic rings. The number of halogens is 2. The molecule has 0 saturated heterocycles. The summed E-state index contributed by atoms with van der Waals surface area (Å²) in [6.45, 7) is 9.94. The van der Waals surface area contributed by atoms with Crippen molar-refractivity contribution in [2.75, 3.05) is 0 Å². The molecule has 0 aliphatic carbocycles. The second-order valence-electron chi connectivity index (χ2n) is 10.7. The third-order valence-corrected chi connectivity index (χ3v) is 5.82. The zero-order valence-corrected chi connectivity index (χ0v) is 23.2. The fourth-order valence-corrected chi connectivity index (χ4v) is 4.47. The second-order valence-corrected chi connectivity index (χ2v) is 11.6. The molecule has 2 heterocycles.